The first-order valence-corrected chi connectivity index (χ1v) is 6.90. The van der Waals surface area contributed by atoms with Crippen molar-refractivity contribution in [3.05, 3.63) is 30.3 Å². The highest BCUT2D eigenvalue weighted by Gasteiger charge is 2.17. The largest absolute Gasteiger partial charge is 0.430 e. The van der Waals surface area contributed by atoms with Gasteiger partial charge in [-0.05, 0) is 17.7 Å². The van der Waals surface area contributed by atoms with Crippen LogP contribution in [0.2, 0.25) is 6.32 Å². The standard InChI is InChI=1S/C15H25BO/c1-4-5-9-12-16(17-13-14(2)3)15-10-7-6-8-11-15/h6-8,10-11,14H,4-5,9,12-13H2,1-3H3. The lowest BCUT2D eigenvalue weighted by atomic mass is 9.57. The van der Waals surface area contributed by atoms with E-state index in [1.807, 2.05) is 0 Å². The van der Waals surface area contributed by atoms with Crippen LogP contribution in [0.15, 0.2) is 30.3 Å². The van der Waals surface area contributed by atoms with E-state index in [0.29, 0.717) is 5.92 Å². The van der Waals surface area contributed by atoms with Gasteiger partial charge in [-0.1, -0.05) is 70.4 Å². The summed E-state index contributed by atoms with van der Waals surface area (Å²) in [4.78, 5) is 0. The Labute approximate surface area is 107 Å². The minimum Gasteiger partial charge on any atom is -0.430 e. The molecule has 0 aromatic heterocycles. The lowest BCUT2D eigenvalue weighted by molar-refractivity contribution is 0.276. The van der Waals surface area contributed by atoms with E-state index in [4.69, 9.17) is 4.65 Å². The maximum Gasteiger partial charge on any atom is 0.326 e. The summed E-state index contributed by atoms with van der Waals surface area (Å²) in [5, 5.41) is 0. The first-order chi connectivity index (χ1) is 8.24. The minimum absolute atomic E-state index is 0.283. The van der Waals surface area contributed by atoms with Crippen LogP contribution in [-0.2, 0) is 4.65 Å². The molecule has 0 saturated carbocycles. The number of hydrogen-bond acceptors (Lipinski definition) is 1. The van der Waals surface area contributed by atoms with Gasteiger partial charge >= 0.3 is 6.92 Å². The first-order valence-electron chi connectivity index (χ1n) is 6.90. The van der Waals surface area contributed by atoms with Crippen LogP contribution in [0.3, 0.4) is 0 Å². The van der Waals surface area contributed by atoms with E-state index in [-0.39, 0.29) is 6.92 Å². The maximum absolute atomic E-state index is 6.04. The SMILES string of the molecule is CCCCCB(OCC(C)C)c1ccccc1. The third-order valence-electron chi connectivity index (χ3n) is 2.87. The molecule has 1 aromatic rings. The number of benzene rings is 1. The number of rotatable bonds is 8. The lowest BCUT2D eigenvalue weighted by Crippen LogP contribution is -2.34. The van der Waals surface area contributed by atoms with Crippen LogP contribution in [0.5, 0.6) is 0 Å². The number of unbranched alkanes of at least 4 members (excludes halogenated alkanes) is 2. The molecule has 0 heterocycles. The van der Waals surface area contributed by atoms with Gasteiger partial charge in [-0.15, -0.1) is 0 Å². The molecule has 2 heteroatoms. The molecule has 0 radical (unpaired) electrons. The van der Waals surface area contributed by atoms with Crippen molar-refractivity contribution >= 4 is 12.4 Å². The highest BCUT2D eigenvalue weighted by Crippen LogP contribution is 2.07. The van der Waals surface area contributed by atoms with Crippen LogP contribution in [0, 0.1) is 5.92 Å². The molecule has 1 rings (SSSR count). The quantitative estimate of drug-likeness (QED) is 0.490. The van der Waals surface area contributed by atoms with E-state index in [9.17, 15) is 0 Å². The van der Waals surface area contributed by atoms with Crippen LogP contribution in [0.4, 0.5) is 0 Å². The molecule has 17 heavy (non-hydrogen) atoms. The Morgan fingerprint density at radius 1 is 1.12 bits per heavy atom. The van der Waals surface area contributed by atoms with Gasteiger partial charge in [0.2, 0.25) is 0 Å². The van der Waals surface area contributed by atoms with Gasteiger partial charge in [0.25, 0.3) is 0 Å². The van der Waals surface area contributed by atoms with E-state index in [1.165, 1.54) is 24.7 Å². The molecular formula is C15H25BO. The van der Waals surface area contributed by atoms with Crippen molar-refractivity contribution in [2.75, 3.05) is 6.61 Å². The Balaban J connectivity index is 2.52. The molecule has 0 aliphatic carbocycles. The summed E-state index contributed by atoms with van der Waals surface area (Å²) in [5.41, 5.74) is 1.32. The van der Waals surface area contributed by atoms with Gasteiger partial charge in [0, 0.05) is 6.61 Å². The van der Waals surface area contributed by atoms with Crippen LogP contribution >= 0.6 is 0 Å². The summed E-state index contributed by atoms with van der Waals surface area (Å²) in [5.74, 6) is 0.604. The van der Waals surface area contributed by atoms with Gasteiger partial charge < -0.3 is 4.65 Å². The summed E-state index contributed by atoms with van der Waals surface area (Å²) in [6, 6.07) is 10.6. The molecule has 0 N–H and O–H groups in total. The number of hydrogen-bond donors (Lipinski definition) is 0. The van der Waals surface area contributed by atoms with Gasteiger partial charge in [-0.2, -0.15) is 0 Å². The third kappa shape index (κ3) is 5.93. The maximum atomic E-state index is 6.04. The van der Waals surface area contributed by atoms with Gasteiger partial charge in [0.15, 0.2) is 0 Å². The average Bonchev–Trinajstić information content (AvgIpc) is 2.34. The molecule has 1 aromatic carbocycles. The zero-order valence-electron chi connectivity index (χ0n) is 11.5. The normalized spacial score (nSPS) is 10.8. The van der Waals surface area contributed by atoms with E-state index in [0.717, 1.165) is 12.9 Å². The molecule has 0 unspecified atom stereocenters. The van der Waals surface area contributed by atoms with Crippen LogP contribution in [0.25, 0.3) is 0 Å². The summed E-state index contributed by atoms with van der Waals surface area (Å²) in [7, 11) is 0. The molecule has 0 aliphatic heterocycles. The lowest BCUT2D eigenvalue weighted by Gasteiger charge is -2.16. The van der Waals surface area contributed by atoms with Crippen molar-refractivity contribution in [1.82, 2.24) is 0 Å². The molecule has 0 amide bonds. The Bertz CT molecular complexity index is 284. The molecule has 0 saturated heterocycles. The molecule has 0 spiro atoms. The van der Waals surface area contributed by atoms with Crippen LogP contribution in [-0.4, -0.2) is 13.5 Å². The predicted octanol–water partition coefficient (Wildman–Crippen LogP) is 3.75. The molecule has 1 nitrogen and oxygen atoms in total. The fourth-order valence-corrected chi connectivity index (χ4v) is 1.90. The monoisotopic (exact) mass is 232 g/mol. The average molecular weight is 232 g/mol. The van der Waals surface area contributed by atoms with Crippen molar-refractivity contribution < 1.29 is 4.65 Å². The molecular weight excluding hydrogens is 207 g/mol. The van der Waals surface area contributed by atoms with Gasteiger partial charge in [-0.3, -0.25) is 0 Å². The summed E-state index contributed by atoms with van der Waals surface area (Å²) < 4.78 is 6.04. The highest BCUT2D eigenvalue weighted by atomic mass is 16.4. The van der Waals surface area contributed by atoms with Crippen molar-refractivity contribution in [3.8, 4) is 0 Å². The van der Waals surface area contributed by atoms with Gasteiger partial charge in [0.05, 0.1) is 0 Å². The second kappa shape index (κ2) is 8.35. The van der Waals surface area contributed by atoms with Crippen molar-refractivity contribution in [2.24, 2.45) is 5.92 Å². The fourth-order valence-electron chi connectivity index (χ4n) is 1.90. The highest BCUT2D eigenvalue weighted by molar-refractivity contribution is 6.67. The third-order valence-corrected chi connectivity index (χ3v) is 2.87. The topological polar surface area (TPSA) is 9.23 Å². The molecule has 0 fully saturated rings. The van der Waals surface area contributed by atoms with E-state index in [1.54, 1.807) is 0 Å². The Hall–Kier alpha value is -0.755. The van der Waals surface area contributed by atoms with Crippen molar-refractivity contribution in [2.45, 2.75) is 46.4 Å². The summed E-state index contributed by atoms with van der Waals surface area (Å²) in [6.07, 6.45) is 4.97. The van der Waals surface area contributed by atoms with Crippen LogP contribution < -0.4 is 5.46 Å². The smallest absolute Gasteiger partial charge is 0.326 e. The second-order valence-corrected chi connectivity index (χ2v) is 5.12. The van der Waals surface area contributed by atoms with Gasteiger partial charge in [0.1, 0.15) is 0 Å². The van der Waals surface area contributed by atoms with Gasteiger partial charge in [-0.25, -0.2) is 0 Å². The first kappa shape index (κ1) is 14.3. The van der Waals surface area contributed by atoms with Crippen LogP contribution in [0.1, 0.15) is 40.0 Å². The zero-order valence-corrected chi connectivity index (χ0v) is 11.5. The van der Waals surface area contributed by atoms with Crippen molar-refractivity contribution in [1.29, 1.82) is 0 Å². The molecule has 0 bridgehead atoms. The minimum atomic E-state index is 0.283. The zero-order chi connectivity index (χ0) is 12.5. The van der Waals surface area contributed by atoms with E-state index >= 15 is 0 Å². The summed E-state index contributed by atoms with van der Waals surface area (Å²) in [6.45, 7) is 7.78. The Morgan fingerprint density at radius 3 is 2.41 bits per heavy atom. The predicted molar refractivity (Wildman–Crippen MR) is 77.0 cm³/mol. The molecule has 94 valence electrons. The Morgan fingerprint density at radius 2 is 1.82 bits per heavy atom. The van der Waals surface area contributed by atoms with E-state index < -0.39 is 0 Å². The molecule has 0 aliphatic rings. The molecule has 0 atom stereocenters. The summed E-state index contributed by atoms with van der Waals surface area (Å²) >= 11 is 0. The Kier molecular flexibility index (Phi) is 7.03. The fraction of sp³-hybridized carbons (Fsp3) is 0.600. The van der Waals surface area contributed by atoms with Crippen molar-refractivity contribution in [3.63, 3.8) is 0 Å². The van der Waals surface area contributed by atoms with E-state index in [2.05, 4.69) is 51.1 Å². The second-order valence-electron chi connectivity index (χ2n) is 5.12.